The first-order chi connectivity index (χ1) is 5.42. The van der Waals surface area contributed by atoms with E-state index >= 15 is 0 Å². The molecule has 0 aliphatic carbocycles. The molecule has 1 aliphatic rings. The molecule has 0 saturated carbocycles. The second-order valence-electron chi connectivity index (χ2n) is 2.30. The molecule has 3 nitrogen and oxygen atoms in total. The third kappa shape index (κ3) is 0.888. The number of H-pyrrole nitrogens is 1. The van der Waals surface area contributed by atoms with Gasteiger partial charge in [-0.15, -0.1) is 0 Å². The summed E-state index contributed by atoms with van der Waals surface area (Å²) in [5, 5.41) is 0. The van der Waals surface area contributed by atoms with E-state index in [1.807, 2.05) is 0 Å². The standard InChI is InChI=1S/C8H9NO2/c1-2-6-8-7(5-9-6)10-3-4-11-8/h2,5,9H,1,3-4H2. The van der Waals surface area contributed by atoms with Gasteiger partial charge in [-0.05, 0) is 6.08 Å². The van der Waals surface area contributed by atoms with Gasteiger partial charge >= 0.3 is 0 Å². The average molecular weight is 151 g/mol. The molecule has 1 aliphatic heterocycles. The lowest BCUT2D eigenvalue weighted by atomic mass is 10.3. The summed E-state index contributed by atoms with van der Waals surface area (Å²) in [7, 11) is 0. The first-order valence-electron chi connectivity index (χ1n) is 3.51. The van der Waals surface area contributed by atoms with Crippen LogP contribution < -0.4 is 9.47 Å². The van der Waals surface area contributed by atoms with Crippen LogP contribution in [0.3, 0.4) is 0 Å². The molecule has 2 rings (SSSR count). The van der Waals surface area contributed by atoms with E-state index in [4.69, 9.17) is 9.47 Å². The summed E-state index contributed by atoms with van der Waals surface area (Å²) in [6.45, 7) is 4.89. The molecule has 1 aromatic heterocycles. The van der Waals surface area contributed by atoms with Gasteiger partial charge in [0.05, 0.1) is 5.69 Å². The minimum absolute atomic E-state index is 0.617. The van der Waals surface area contributed by atoms with Crippen LogP contribution in [0.2, 0.25) is 0 Å². The number of hydrogen-bond acceptors (Lipinski definition) is 2. The van der Waals surface area contributed by atoms with Crippen LogP contribution in [0, 0.1) is 0 Å². The number of ether oxygens (including phenoxy) is 2. The molecule has 0 bridgehead atoms. The van der Waals surface area contributed by atoms with E-state index in [-0.39, 0.29) is 0 Å². The molecule has 0 radical (unpaired) electrons. The van der Waals surface area contributed by atoms with Gasteiger partial charge in [-0.3, -0.25) is 0 Å². The summed E-state index contributed by atoms with van der Waals surface area (Å²) in [6, 6.07) is 0. The van der Waals surface area contributed by atoms with Crippen LogP contribution >= 0.6 is 0 Å². The molecule has 58 valence electrons. The first kappa shape index (κ1) is 6.34. The molecular weight excluding hydrogens is 142 g/mol. The van der Waals surface area contributed by atoms with Crippen molar-refractivity contribution in [3.8, 4) is 11.5 Å². The second-order valence-corrected chi connectivity index (χ2v) is 2.30. The Kier molecular flexibility index (Phi) is 1.35. The number of fused-ring (bicyclic) bond motifs is 1. The van der Waals surface area contributed by atoms with Crippen molar-refractivity contribution in [1.82, 2.24) is 4.98 Å². The van der Waals surface area contributed by atoms with Crippen LogP contribution in [0.4, 0.5) is 0 Å². The predicted molar refractivity (Wildman–Crippen MR) is 41.9 cm³/mol. The topological polar surface area (TPSA) is 34.2 Å². The molecule has 3 heteroatoms. The molecule has 0 aromatic carbocycles. The Labute approximate surface area is 64.6 Å². The van der Waals surface area contributed by atoms with Gasteiger partial charge < -0.3 is 14.5 Å². The summed E-state index contributed by atoms with van der Waals surface area (Å²) in [5.41, 5.74) is 0.889. The normalized spacial score (nSPS) is 14.5. The summed E-state index contributed by atoms with van der Waals surface area (Å²) in [5.74, 6) is 1.57. The number of hydrogen-bond donors (Lipinski definition) is 1. The number of aromatic amines is 1. The van der Waals surface area contributed by atoms with E-state index in [0.717, 1.165) is 17.2 Å². The van der Waals surface area contributed by atoms with Crippen LogP contribution in [0.5, 0.6) is 11.5 Å². The molecule has 2 heterocycles. The molecule has 0 saturated heterocycles. The number of nitrogens with one attached hydrogen (secondary N) is 1. The number of rotatable bonds is 1. The van der Waals surface area contributed by atoms with Gasteiger partial charge in [0, 0.05) is 6.20 Å². The molecule has 1 N–H and O–H groups in total. The summed E-state index contributed by atoms with van der Waals surface area (Å²) < 4.78 is 10.7. The van der Waals surface area contributed by atoms with Crippen molar-refractivity contribution >= 4 is 6.08 Å². The zero-order valence-electron chi connectivity index (χ0n) is 6.09. The van der Waals surface area contributed by atoms with Gasteiger partial charge in [-0.25, -0.2) is 0 Å². The second kappa shape index (κ2) is 2.34. The van der Waals surface area contributed by atoms with Gasteiger partial charge in [0.25, 0.3) is 0 Å². The predicted octanol–water partition coefficient (Wildman–Crippen LogP) is 1.43. The van der Waals surface area contributed by atoms with Gasteiger partial charge in [-0.2, -0.15) is 0 Å². The lowest BCUT2D eigenvalue weighted by Gasteiger charge is -2.14. The lowest BCUT2D eigenvalue weighted by Crippen LogP contribution is -2.14. The Balaban J connectivity index is 2.45. The Morgan fingerprint density at radius 3 is 3.09 bits per heavy atom. The van der Waals surface area contributed by atoms with Crippen molar-refractivity contribution in [2.75, 3.05) is 13.2 Å². The largest absolute Gasteiger partial charge is 0.485 e. The maximum Gasteiger partial charge on any atom is 0.186 e. The fraction of sp³-hybridized carbons (Fsp3) is 0.250. The van der Waals surface area contributed by atoms with Gasteiger partial charge in [-0.1, -0.05) is 6.58 Å². The Morgan fingerprint density at radius 2 is 2.27 bits per heavy atom. The third-order valence-corrected chi connectivity index (χ3v) is 1.62. The maximum atomic E-state index is 5.36. The Morgan fingerprint density at radius 1 is 1.45 bits per heavy atom. The summed E-state index contributed by atoms with van der Waals surface area (Å²) in [6.07, 6.45) is 3.50. The zero-order chi connectivity index (χ0) is 7.68. The van der Waals surface area contributed by atoms with Crippen LogP contribution in [0.15, 0.2) is 12.8 Å². The van der Waals surface area contributed by atoms with Crippen LogP contribution in [0.25, 0.3) is 6.08 Å². The van der Waals surface area contributed by atoms with Crippen molar-refractivity contribution in [2.24, 2.45) is 0 Å². The fourth-order valence-electron chi connectivity index (χ4n) is 1.11. The van der Waals surface area contributed by atoms with E-state index < -0.39 is 0 Å². The van der Waals surface area contributed by atoms with Crippen molar-refractivity contribution in [2.45, 2.75) is 0 Å². The van der Waals surface area contributed by atoms with E-state index in [0.29, 0.717) is 13.2 Å². The Bertz CT molecular complexity index is 278. The quantitative estimate of drug-likeness (QED) is 0.658. The fourth-order valence-corrected chi connectivity index (χ4v) is 1.11. The first-order valence-corrected chi connectivity index (χ1v) is 3.51. The molecule has 0 spiro atoms. The highest BCUT2D eigenvalue weighted by Crippen LogP contribution is 2.33. The van der Waals surface area contributed by atoms with Crippen LogP contribution in [0.1, 0.15) is 5.69 Å². The van der Waals surface area contributed by atoms with E-state index in [1.165, 1.54) is 0 Å². The minimum atomic E-state index is 0.617. The molecule has 11 heavy (non-hydrogen) atoms. The average Bonchev–Trinajstić information content (AvgIpc) is 2.47. The summed E-state index contributed by atoms with van der Waals surface area (Å²) >= 11 is 0. The van der Waals surface area contributed by atoms with E-state index in [9.17, 15) is 0 Å². The monoisotopic (exact) mass is 151 g/mol. The lowest BCUT2D eigenvalue weighted by molar-refractivity contribution is 0.173. The van der Waals surface area contributed by atoms with Gasteiger partial charge in [0.2, 0.25) is 0 Å². The number of aromatic nitrogens is 1. The molecule has 0 fully saturated rings. The molecule has 0 atom stereocenters. The smallest absolute Gasteiger partial charge is 0.186 e. The zero-order valence-corrected chi connectivity index (χ0v) is 6.09. The molecule has 1 aromatic rings. The van der Waals surface area contributed by atoms with Crippen molar-refractivity contribution in [3.05, 3.63) is 18.5 Å². The van der Waals surface area contributed by atoms with Crippen LogP contribution in [-0.4, -0.2) is 18.2 Å². The maximum absolute atomic E-state index is 5.36. The highest BCUT2D eigenvalue weighted by atomic mass is 16.6. The van der Waals surface area contributed by atoms with Gasteiger partial charge in [0.15, 0.2) is 11.5 Å². The van der Waals surface area contributed by atoms with Gasteiger partial charge in [0.1, 0.15) is 13.2 Å². The van der Waals surface area contributed by atoms with E-state index in [1.54, 1.807) is 12.3 Å². The highest BCUT2D eigenvalue weighted by molar-refractivity contribution is 5.58. The van der Waals surface area contributed by atoms with Crippen LogP contribution in [-0.2, 0) is 0 Å². The van der Waals surface area contributed by atoms with E-state index in [2.05, 4.69) is 11.6 Å². The SMILES string of the molecule is C=Cc1[nH]cc2c1OCCO2. The molecular formula is C8H9NO2. The Hall–Kier alpha value is -1.38. The summed E-state index contributed by atoms with van der Waals surface area (Å²) in [4.78, 5) is 3.00. The minimum Gasteiger partial charge on any atom is -0.485 e. The molecule has 0 amide bonds. The van der Waals surface area contributed by atoms with Crippen molar-refractivity contribution < 1.29 is 9.47 Å². The highest BCUT2D eigenvalue weighted by Gasteiger charge is 2.15. The molecule has 0 unspecified atom stereocenters. The van der Waals surface area contributed by atoms with Crippen molar-refractivity contribution in [1.29, 1.82) is 0 Å². The van der Waals surface area contributed by atoms with Crippen molar-refractivity contribution in [3.63, 3.8) is 0 Å². The third-order valence-electron chi connectivity index (χ3n) is 1.62.